The molecule has 135 valence electrons. The molecule has 0 bridgehead atoms. The van der Waals surface area contributed by atoms with E-state index in [1.165, 1.54) is 15.6 Å². The van der Waals surface area contributed by atoms with Gasteiger partial charge in [-0.1, -0.05) is 38.1 Å². The molecule has 0 atom stereocenters. The minimum atomic E-state index is -3.79. The van der Waals surface area contributed by atoms with E-state index in [0.717, 1.165) is 5.56 Å². The Kier molecular flexibility index (Phi) is 9.51. The number of thiazole rings is 1. The van der Waals surface area contributed by atoms with E-state index in [2.05, 4.69) is 4.98 Å². The Morgan fingerprint density at radius 1 is 1.24 bits per heavy atom. The van der Waals surface area contributed by atoms with Gasteiger partial charge in [-0.15, -0.1) is 11.3 Å². The Hall–Kier alpha value is -0.756. The van der Waals surface area contributed by atoms with Crippen LogP contribution in [-0.2, 0) is 42.7 Å². The summed E-state index contributed by atoms with van der Waals surface area (Å²) in [6, 6.07) is 7.10. The Morgan fingerprint density at radius 2 is 1.84 bits per heavy atom. The summed E-state index contributed by atoms with van der Waals surface area (Å²) >= 11 is 1.21. The van der Waals surface area contributed by atoms with Gasteiger partial charge < -0.3 is 12.5 Å². The maximum Gasteiger partial charge on any atom is 0.269 e. The van der Waals surface area contributed by atoms with E-state index >= 15 is 0 Å². The zero-order valence-corrected chi connectivity index (χ0v) is 19.6. The first kappa shape index (κ1) is 24.2. The SMILES string of the molecule is CC.CCN1c2scnc2C(O)=C(c2ccccc2C)S1(=O)=O.[CH3-].[Y]. The monoisotopic (exact) mass is 456 g/mol. The number of rotatable bonds is 2. The number of anilines is 1. The molecule has 1 aromatic heterocycles. The Morgan fingerprint density at radius 3 is 2.40 bits per heavy atom. The molecule has 1 aliphatic heterocycles. The molecule has 1 radical (unpaired) electrons. The predicted octanol–water partition coefficient (Wildman–Crippen LogP) is 4.48. The van der Waals surface area contributed by atoms with E-state index in [1.54, 1.807) is 24.6 Å². The van der Waals surface area contributed by atoms with E-state index in [9.17, 15) is 13.5 Å². The Labute approximate surface area is 179 Å². The molecule has 0 spiro atoms. The third-order valence-electron chi connectivity index (χ3n) is 3.44. The van der Waals surface area contributed by atoms with Gasteiger partial charge in [0.2, 0.25) is 0 Å². The van der Waals surface area contributed by atoms with Crippen LogP contribution in [0.2, 0.25) is 0 Å². The molecule has 2 aromatic rings. The van der Waals surface area contributed by atoms with Crippen LogP contribution in [-0.4, -0.2) is 25.1 Å². The summed E-state index contributed by atoms with van der Waals surface area (Å²) in [5.41, 5.74) is 3.17. The number of aromatic nitrogens is 1. The molecule has 5 nitrogen and oxygen atoms in total. The molecule has 0 saturated heterocycles. The summed E-state index contributed by atoms with van der Waals surface area (Å²) < 4.78 is 27.0. The Bertz CT molecular complexity index is 845. The van der Waals surface area contributed by atoms with Gasteiger partial charge >= 0.3 is 0 Å². The largest absolute Gasteiger partial charge is 0.504 e. The van der Waals surface area contributed by atoms with Crippen LogP contribution in [0.15, 0.2) is 29.8 Å². The van der Waals surface area contributed by atoms with E-state index < -0.39 is 10.0 Å². The molecule has 2 heterocycles. The van der Waals surface area contributed by atoms with Crippen molar-refractivity contribution in [2.24, 2.45) is 0 Å². The van der Waals surface area contributed by atoms with Gasteiger partial charge in [-0.25, -0.2) is 13.4 Å². The summed E-state index contributed by atoms with van der Waals surface area (Å²) in [4.78, 5) is 4.04. The summed E-state index contributed by atoms with van der Waals surface area (Å²) in [6.45, 7) is 7.87. The summed E-state index contributed by atoms with van der Waals surface area (Å²) in [7, 11) is -3.79. The van der Waals surface area contributed by atoms with Gasteiger partial charge in [0, 0.05) is 44.8 Å². The van der Waals surface area contributed by atoms with Gasteiger partial charge in [-0.05, 0) is 19.4 Å². The number of aryl methyl sites for hydroxylation is 1. The second-order valence-electron chi connectivity index (χ2n) is 4.67. The van der Waals surface area contributed by atoms with Crippen LogP contribution in [0.25, 0.3) is 10.7 Å². The summed E-state index contributed by atoms with van der Waals surface area (Å²) in [5, 5.41) is 10.9. The third-order valence-corrected chi connectivity index (χ3v) is 6.35. The molecular formula is C17H23N2O3S2Y-. The fourth-order valence-electron chi connectivity index (χ4n) is 2.44. The first-order valence-electron chi connectivity index (χ1n) is 7.44. The molecule has 0 fully saturated rings. The van der Waals surface area contributed by atoms with Gasteiger partial charge in [0.15, 0.2) is 5.76 Å². The molecule has 1 aliphatic rings. The van der Waals surface area contributed by atoms with Crippen molar-refractivity contribution in [3.8, 4) is 0 Å². The normalized spacial score (nSPS) is 14.5. The summed E-state index contributed by atoms with van der Waals surface area (Å²) in [6.07, 6.45) is 0. The number of hydrogen-bond donors (Lipinski definition) is 1. The van der Waals surface area contributed by atoms with Crippen molar-refractivity contribution in [3.63, 3.8) is 0 Å². The van der Waals surface area contributed by atoms with Crippen LogP contribution < -0.4 is 4.31 Å². The molecule has 1 N–H and O–H groups in total. The van der Waals surface area contributed by atoms with Crippen LogP contribution in [0.3, 0.4) is 0 Å². The van der Waals surface area contributed by atoms with Gasteiger partial charge in [0.25, 0.3) is 10.0 Å². The number of sulfonamides is 1. The smallest absolute Gasteiger partial charge is 0.269 e. The number of hydrogen-bond acceptors (Lipinski definition) is 5. The van der Waals surface area contributed by atoms with Gasteiger partial charge in [0.1, 0.15) is 15.6 Å². The molecular weight excluding hydrogens is 433 g/mol. The fourth-order valence-corrected chi connectivity index (χ4v) is 5.34. The van der Waals surface area contributed by atoms with Crippen LogP contribution >= 0.6 is 11.3 Å². The number of fused-ring (bicyclic) bond motifs is 1. The standard InChI is InChI=1S/C14H14N2O3S2.C2H6.CH3.Y/c1-3-16-14-11(15-8-20-14)12(17)13(21(16,18)19)10-7-5-4-6-9(10)2;1-2;;/h4-8,17H,3H2,1-2H3;1-2H3;1H3;/q;;-1;. The van der Waals surface area contributed by atoms with Gasteiger partial charge in [-0.2, -0.15) is 0 Å². The summed E-state index contributed by atoms with van der Waals surface area (Å²) in [5.74, 6) is -0.273. The Balaban J connectivity index is 0.00000139. The molecule has 0 aliphatic carbocycles. The number of aliphatic hydroxyl groups is 1. The predicted molar refractivity (Wildman–Crippen MR) is 102 cm³/mol. The van der Waals surface area contributed by atoms with E-state index in [-0.39, 0.29) is 50.8 Å². The van der Waals surface area contributed by atoms with Crippen molar-refractivity contribution in [2.45, 2.75) is 27.7 Å². The second-order valence-corrected chi connectivity index (χ2v) is 7.30. The van der Waals surface area contributed by atoms with Crippen LogP contribution in [0.5, 0.6) is 0 Å². The molecule has 25 heavy (non-hydrogen) atoms. The van der Waals surface area contributed by atoms with Crippen molar-refractivity contribution < 1.29 is 46.2 Å². The van der Waals surface area contributed by atoms with Crippen molar-refractivity contribution >= 4 is 37.0 Å². The second kappa shape index (κ2) is 9.81. The third kappa shape index (κ3) is 4.16. The topological polar surface area (TPSA) is 70.5 Å². The number of benzene rings is 1. The van der Waals surface area contributed by atoms with Gasteiger partial charge in [0.05, 0.1) is 5.51 Å². The van der Waals surface area contributed by atoms with Crippen molar-refractivity contribution in [1.82, 2.24) is 4.98 Å². The van der Waals surface area contributed by atoms with Crippen LogP contribution in [0.4, 0.5) is 5.00 Å². The van der Waals surface area contributed by atoms with Crippen LogP contribution in [0, 0.1) is 14.4 Å². The van der Waals surface area contributed by atoms with Gasteiger partial charge in [-0.3, -0.25) is 4.31 Å². The zero-order chi connectivity index (χ0) is 17.2. The zero-order valence-electron chi connectivity index (χ0n) is 15.1. The average molecular weight is 456 g/mol. The first-order chi connectivity index (χ1) is 11.0. The maximum absolute atomic E-state index is 12.9. The van der Waals surface area contributed by atoms with E-state index in [1.807, 2.05) is 32.9 Å². The van der Waals surface area contributed by atoms with Crippen molar-refractivity contribution in [3.05, 3.63) is 54.0 Å². The van der Waals surface area contributed by atoms with Crippen LogP contribution in [0.1, 0.15) is 37.6 Å². The molecule has 0 saturated carbocycles. The fraction of sp³-hybridized carbons (Fsp3) is 0.294. The molecule has 3 rings (SSSR count). The average Bonchev–Trinajstić information content (AvgIpc) is 3.00. The first-order valence-corrected chi connectivity index (χ1v) is 9.76. The maximum atomic E-state index is 12.9. The quantitative estimate of drug-likeness (QED) is 0.677. The van der Waals surface area contributed by atoms with E-state index in [0.29, 0.717) is 22.8 Å². The molecule has 1 aromatic carbocycles. The minimum Gasteiger partial charge on any atom is -0.504 e. The molecule has 8 heteroatoms. The van der Waals surface area contributed by atoms with E-state index in [4.69, 9.17) is 0 Å². The number of aliphatic hydroxyl groups excluding tert-OH is 1. The van der Waals surface area contributed by atoms with Crippen molar-refractivity contribution in [1.29, 1.82) is 0 Å². The van der Waals surface area contributed by atoms with Crippen molar-refractivity contribution in [2.75, 3.05) is 10.8 Å². The number of nitrogens with zero attached hydrogens (tertiary/aromatic N) is 2. The molecule has 0 unspecified atom stereocenters. The molecule has 0 amide bonds. The minimum absolute atomic E-state index is 0.